The van der Waals surface area contributed by atoms with Gasteiger partial charge in [-0.05, 0) is 67.0 Å². The smallest absolute Gasteiger partial charge is 0.354 e. The first kappa shape index (κ1) is 51.9. The number of piperidine rings is 1. The van der Waals surface area contributed by atoms with Crippen LogP contribution >= 0.6 is 0 Å². The number of phenolic OH excluding ortho intramolecular Hbond substituents is 3. The largest absolute Gasteiger partial charge is 0.507 e. The molecule has 77 heavy (non-hydrogen) atoms. The van der Waals surface area contributed by atoms with Crippen molar-refractivity contribution in [1.82, 2.24) is 15.6 Å². The van der Waals surface area contributed by atoms with E-state index in [4.69, 9.17) is 23.4 Å². The maximum absolute atomic E-state index is 15.3. The van der Waals surface area contributed by atoms with Crippen molar-refractivity contribution in [3.8, 4) is 58.0 Å². The number of carboxylic acids is 1. The Hall–Kier alpha value is -7.23. The maximum atomic E-state index is 15.3. The number of rotatable bonds is 6. The van der Waals surface area contributed by atoms with E-state index in [1.165, 1.54) is 18.2 Å². The van der Waals surface area contributed by atoms with Gasteiger partial charge in [-0.1, -0.05) is 43.8 Å². The highest BCUT2D eigenvalue weighted by molar-refractivity contribution is 5.90. The number of dihydropyridines is 1. The second kappa shape index (κ2) is 18.2. The Balaban J connectivity index is 1.22. The lowest BCUT2D eigenvalue weighted by Crippen LogP contribution is -2.80. The molecule has 12 atom stereocenters. The van der Waals surface area contributed by atoms with Crippen molar-refractivity contribution in [2.24, 2.45) is 5.92 Å². The molecule has 3 saturated heterocycles. The predicted molar refractivity (Wildman–Crippen MR) is 262 cm³/mol. The van der Waals surface area contributed by atoms with E-state index in [1.807, 2.05) is 25.8 Å². The number of H-pyrrole nitrogens is 1. The van der Waals surface area contributed by atoms with E-state index < -0.39 is 125 Å². The Bertz CT molecular complexity index is 3480. The number of phenols is 3. The summed E-state index contributed by atoms with van der Waals surface area (Å²) in [6, 6.07) is 6.30. The zero-order chi connectivity index (χ0) is 54.9. The number of aliphatic hydroxyl groups is 8. The number of hydrogen-bond acceptors (Lipinski definition) is 21. The number of esters is 1. The predicted octanol–water partition coefficient (Wildman–Crippen LogP) is -0.560. The minimum Gasteiger partial charge on any atom is -0.507 e. The van der Waals surface area contributed by atoms with E-state index in [0.717, 1.165) is 24.1 Å². The van der Waals surface area contributed by atoms with Gasteiger partial charge in [-0.15, -0.1) is 0 Å². The van der Waals surface area contributed by atoms with Crippen LogP contribution in [-0.2, 0) is 36.6 Å². The lowest BCUT2D eigenvalue weighted by atomic mass is 9.67. The molecule has 9 heterocycles. The fraction of sp³-hybridized carbons (Fsp3) is 0.426. The Morgan fingerprint density at radius 1 is 0.961 bits per heavy atom. The van der Waals surface area contributed by atoms with E-state index in [1.54, 1.807) is 12.3 Å². The van der Waals surface area contributed by atoms with Crippen molar-refractivity contribution in [1.29, 1.82) is 0 Å². The summed E-state index contributed by atoms with van der Waals surface area (Å²) < 4.78 is 31.2. The highest BCUT2D eigenvalue weighted by Gasteiger charge is 2.76. The van der Waals surface area contributed by atoms with Crippen molar-refractivity contribution in [3.05, 3.63) is 104 Å². The van der Waals surface area contributed by atoms with Gasteiger partial charge in [0.25, 0.3) is 11.4 Å². The molecule has 8 aliphatic rings. The molecule has 4 aromatic rings. The number of aromatic nitrogens is 1. The summed E-state index contributed by atoms with van der Waals surface area (Å²) in [5, 5.41) is 144. The number of hydrogen-bond donors (Lipinski definition) is 15. The number of carboxylic acid groups (broad SMARTS) is 1. The van der Waals surface area contributed by atoms with Gasteiger partial charge >= 0.3 is 11.9 Å². The Morgan fingerprint density at radius 3 is 2.48 bits per heavy atom. The SMILES string of the molecule is CCC1=C(C2C=C3Cc4[nH]ccc4C#CCC4(O)C(O)C(O)C3(Oc3cc5oc(-c6cc(O)c(O)c(CCO)c6)cc(=O)c5c(O)c32)OC42CC#CC3(C(=O)O)OC(OC2=O)C(O)C(O)C3(O)O)C=C2C(C)CCNC2N1. The number of fused-ring (bicyclic) bond motifs is 7. The van der Waals surface area contributed by atoms with Crippen molar-refractivity contribution in [2.75, 3.05) is 13.2 Å². The van der Waals surface area contributed by atoms with Crippen LogP contribution in [0.2, 0.25) is 0 Å². The number of aliphatic carboxylic acids is 1. The summed E-state index contributed by atoms with van der Waals surface area (Å²) in [6.45, 7) is 4.20. The van der Waals surface area contributed by atoms with Crippen LogP contribution in [0, 0.1) is 29.6 Å². The van der Waals surface area contributed by atoms with Gasteiger partial charge in [-0.25, -0.2) is 9.59 Å². The van der Waals surface area contributed by atoms with Crippen molar-refractivity contribution < 1.29 is 94.2 Å². The molecule has 15 N–H and O–H groups in total. The first-order valence-electron chi connectivity index (χ1n) is 24.8. The van der Waals surface area contributed by atoms with Crippen LogP contribution < -0.4 is 20.8 Å². The second-order valence-corrected chi connectivity index (χ2v) is 20.3. The summed E-state index contributed by atoms with van der Waals surface area (Å²) in [5.41, 5.74) is -8.51. The Labute approximate surface area is 435 Å². The summed E-state index contributed by atoms with van der Waals surface area (Å²) in [5.74, 6) is -4.54. The molecule has 2 aromatic heterocycles. The highest BCUT2D eigenvalue weighted by Crippen LogP contribution is 2.57. The average Bonchev–Trinajstić information content (AvgIpc) is 3.81. The maximum Gasteiger partial charge on any atom is 0.354 e. The zero-order valence-corrected chi connectivity index (χ0v) is 41.0. The Kier molecular flexibility index (Phi) is 12.3. The van der Waals surface area contributed by atoms with E-state index in [9.17, 15) is 70.9 Å². The van der Waals surface area contributed by atoms with Gasteiger partial charge in [0, 0.05) is 82.9 Å². The summed E-state index contributed by atoms with van der Waals surface area (Å²) in [4.78, 5) is 46.0. The Morgan fingerprint density at radius 2 is 1.74 bits per heavy atom. The molecule has 12 unspecified atom stereocenters. The van der Waals surface area contributed by atoms with E-state index in [-0.39, 0.29) is 63.9 Å². The molecule has 3 fully saturated rings. The van der Waals surface area contributed by atoms with E-state index >= 15 is 4.79 Å². The third-order valence-corrected chi connectivity index (χ3v) is 16.0. The summed E-state index contributed by atoms with van der Waals surface area (Å²) >= 11 is 0. The fourth-order valence-electron chi connectivity index (χ4n) is 11.7. The van der Waals surface area contributed by atoms with Crippen LogP contribution in [-0.4, -0.2) is 157 Å². The minimum absolute atomic E-state index is 0.0184. The van der Waals surface area contributed by atoms with Crippen LogP contribution in [0.4, 0.5) is 0 Å². The third-order valence-electron chi connectivity index (χ3n) is 16.0. The minimum atomic E-state index is -3.90. The highest BCUT2D eigenvalue weighted by atomic mass is 16.8. The first-order valence-corrected chi connectivity index (χ1v) is 24.8. The normalized spacial score (nSPS) is 33.9. The molecule has 2 aromatic carbocycles. The second-order valence-electron chi connectivity index (χ2n) is 20.3. The quantitative estimate of drug-likeness (QED) is 0.0378. The van der Waals surface area contributed by atoms with Crippen LogP contribution in [0.15, 0.2) is 80.3 Å². The van der Waals surface area contributed by atoms with Gasteiger partial charge in [-0.2, -0.15) is 0 Å². The van der Waals surface area contributed by atoms with Gasteiger partial charge in [0.2, 0.25) is 17.7 Å². The molecule has 23 nitrogen and oxygen atoms in total. The molecule has 1 aliphatic carbocycles. The molecule has 404 valence electrons. The number of aromatic hydroxyl groups is 3. The van der Waals surface area contributed by atoms with Crippen LogP contribution in [0.5, 0.6) is 23.0 Å². The van der Waals surface area contributed by atoms with Gasteiger partial charge < -0.3 is 94.9 Å². The van der Waals surface area contributed by atoms with Crippen LogP contribution in [0.1, 0.15) is 67.8 Å². The fourth-order valence-corrected chi connectivity index (χ4v) is 11.7. The van der Waals surface area contributed by atoms with Crippen molar-refractivity contribution in [3.63, 3.8) is 0 Å². The monoisotopic (exact) mass is 1060 g/mol. The van der Waals surface area contributed by atoms with Crippen molar-refractivity contribution >= 4 is 22.9 Å². The third kappa shape index (κ3) is 7.46. The topological polar surface area (TPSA) is 384 Å². The van der Waals surface area contributed by atoms with Crippen molar-refractivity contribution in [2.45, 2.75) is 124 Å². The van der Waals surface area contributed by atoms with Gasteiger partial charge in [0.05, 0.1) is 12.6 Å². The molecule has 12 rings (SSSR count). The zero-order valence-electron chi connectivity index (χ0n) is 41.0. The number of carbonyl (C=O) groups excluding carboxylic acids is 1. The molecule has 0 amide bonds. The molecule has 0 saturated carbocycles. The van der Waals surface area contributed by atoms with Gasteiger partial charge in [0.1, 0.15) is 52.1 Å². The molecule has 2 spiro atoms. The summed E-state index contributed by atoms with van der Waals surface area (Å²) in [6.07, 6.45) is -9.97. The molecule has 4 bridgehead atoms. The first-order chi connectivity index (χ1) is 36.6. The lowest BCUT2D eigenvalue weighted by Gasteiger charge is -2.57. The van der Waals surface area contributed by atoms with Crippen LogP contribution in [0.3, 0.4) is 0 Å². The van der Waals surface area contributed by atoms with Gasteiger partial charge in [-0.3, -0.25) is 10.1 Å². The number of benzene rings is 2. The van der Waals surface area contributed by atoms with Gasteiger partial charge in [0.15, 0.2) is 23.0 Å². The molecular formula is C54H53N3O20. The molecular weight excluding hydrogens is 1010 g/mol. The van der Waals surface area contributed by atoms with E-state index in [2.05, 4.69) is 33.4 Å². The lowest BCUT2D eigenvalue weighted by molar-refractivity contribution is -0.399. The standard InChI is InChI=1S/C54H53N3O20/c1-3-31-29(20-28-23(2)7-13-56-46(28)57-31)30-18-27-19-32-24(8-14-55-32)6-4-10-50(70)44(65)45(66)53(27,77-52(50)12-5-11-51(48(67)68)54(71,72)43(64)42(63)47(76-51)74-49(52)69)75-37-22-36-39(41(62)38(30)37)33(59)21-35(73-36)26-16-25(9-15-58)40(61)34(60)17-26/h8,14,16-18,20-23,30,42-47,55-58,60-66,70-72H,3,7,9-10,12-13,15,19H2,1-2H3,(H,67,68). The average molecular weight is 1060 g/mol. The molecule has 23 heteroatoms. The van der Waals surface area contributed by atoms with Crippen LogP contribution in [0.25, 0.3) is 22.3 Å². The number of carbonyl (C=O) groups is 2. The number of ether oxygens (including phenoxy) is 4. The number of aliphatic hydroxyl groups excluding tert-OH is 5. The van der Waals surface area contributed by atoms with E-state index in [0.29, 0.717) is 35.5 Å². The molecule has 7 aliphatic heterocycles. The number of allylic oxidation sites excluding steroid dienone is 4. The number of nitrogens with one attached hydrogen (secondary N) is 3. The number of aromatic amines is 1. The molecule has 0 radical (unpaired) electrons. The summed E-state index contributed by atoms with van der Waals surface area (Å²) in [7, 11) is 0.